The number of para-hydroxylation sites is 2. The molecule has 0 aliphatic heterocycles. The number of nitrogens with one attached hydrogen (secondary N) is 3. The van der Waals surface area contributed by atoms with Crippen molar-refractivity contribution in [2.45, 2.75) is 6.42 Å². The van der Waals surface area contributed by atoms with Crippen LogP contribution in [0.2, 0.25) is 5.02 Å². The molecule has 0 spiro atoms. The monoisotopic (exact) mass is 483 g/mol. The lowest BCUT2D eigenvalue weighted by Crippen LogP contribution is -2.48. The molecule has 7 nitrogen and oxygen atoms in total. The van der Waals surface area contributed by atoms with Gasteiger partial charge in [0.1, 0.15) is 24.7 Å². The Balaban J connectivity index is 1.44. The van der Waals surface area contributed by atoms with Gasteiger partial charge in [0.2, 0.25) is 5.91 Å². The number of ether oxygens (including phenoxy) is 2. The van der Waals surface area contributed by atoms with Gasteiger partial charge in [-0.25, -0.2) is 0 Å². The zero-order valence-corrected chi connectivity index (χ0v) is 19.1. The fourth-order valence-electron chi connectivity index (χ4n) is 2.77. The zero-order chi connectivity index (χ0) is 23.5. The first-order valence-electron chi connectivity index (χ1n) is 10.1. The van der Waals surface area contributed by atoms with Crippen molar-refractivity contribution in [2.75, 3.05) is 13.2 Å². The Labute approximate surface area is 202 Å². The largest absolute Gasteiger partial charge is 0.490 e. The fourth-order valence-corrected chi connectivity index (χ4v) is 3.04. The summed E-state index contributed by atoms with van der Waals surface area (Å²) in [7, 11) is 0. The molecule has 2 amide bonds. The molecule has 0 saturated heterocycles. The first kappa shape index (κ1) is 24.0. The van der Waals surface area contributed by atoms with Crippen LogP contribution in [-0.4, -0.2) is 30.1 Å². The first-order chi connectivity index (χ1) is 16.0. The predicted octanol–water partition coefficient (Wildman–Crippen LogP) is 3.68. The summed E-state index contributed by atoms with van der Waals surface area (Å²) < 4.78 is 11.3. The molecule has 33 heavy (non-hydrogen) atoms. The Morgan fingerprint density at radius 1 is 0.818 bits per heavy atom. The molecule has 0 aromatic heterocycles. The van der Waals surface area contributed by atoms with E-state index in [1.165, 1.54) is 0 Å². The normalized spacial score (nSPS) is 10.1. The van der Waals surface area contributed by atoms with Gasteiger partial charge in [0.05, 0.1) is 12.0 Å². The molecule has 0 fully saturated rings. The van der Waals surface area contributed by atoms with E-state index in [1.54, 1.807) is 48.5 Å². The molecule has 3 N–H and O–H groups in total. The van der Waals surface area contributed by atoms with Crippen LogP contribution in [0.25, 0.3) is 0 Å². The van der Waals surface area contributed by atoms with Crippen molar-refractivity contribution in [3.63, 3.8) is 0 Å². The van der Waals surface area contributed by atoms with Crippen LogP contribution >= 0.6 is 23.8 Å². The Hall–Kier alpha value is -3.62. The minimum absolute atomic E-state index is 0.0494. The molecular weight excluding hydrogens is 462 g/mol. The molecule has 0 saturated carbocycles. The van der Waals surface area contributed by atoms with E-state index in [9.17, 15) is 9.59 Å². The average molecular weight is 484 g/mol. The number of hydrogen-bond acceptors (Lipinski definition) is 5. The number of carbonyl (C=O) groups excluding carboxylic acids is 2. The van der Waals surface area contributed by atoms with Gasteiger partial charge in [-0.15, -0.1) is 0 Å². The van der Waals surface area contributed by atoms with E-state index in [4.69, 9.17) is 33.3 Å². The number of carbonyl (C=O) groups is 2. The van der Waals surface area contributed by atoms with E-state index in [1.807, 2.05) is 30.3 Å². The summed E-state index contributed by atoms with van der Waals surface area (Å²) in [6.07, 6.45) is 0.127. The number of halogens is 1. The maximum absolute atomic E-state index is 12.6. The molecule has 0 unspecified atom stereocenters. The second kappa shape index (κ2) is 12.4. The Morgan fingerprint density at radius 3 is 2.24 bits per heavy atom. The summed E-state index contributed by atoms with van der Waals surface area (Å²) in [5, 5.41) is 3.06. The average Bonchev–Trinajstić information content (AvgIpc) is 2.83. The van der Waals surface area contributed by atoms with Crippen LogP contribution in [0.3, 0.4) is 0 Å². The van der Waals surface area contributed by atoms with Gasteiger partial charge in [-0.05, 0) is 54.2 Å². The maximum atomic E-state index is 12.6. The molecule has 0 heterocycles. The van der Waals surface area contributed by atoms with Crippen LogP contribution in [0.5, 0.6) is 11.5 Å². The SMILES string of the molecule is O=C(Cc1ccc(Cl)cc1)NNC(=S)NC(=O)c1ccccc1OCCOc1ccccc1. The van der Waals surface area contributed by atoms with Gasteiger partial charge in [0.25, 0.3) is 5.91 Å². The van der Waals surface area contributed by atoms with Crippen molar-refractivity contribution >= 4 is 40.7 Å². The van der Waals surface area contributed by atoms with Crippen molar-refractivity contribution in [3.05, 3.63) is 95.0 Å². The summed E-state index contributed by atoms with van der Waals surface area (Å²) in [4.78, 5) is 24.7. The number of benzene rings is 3. The first-order valence-corrected chi connectivity index (χ1v) is 10.8. The second-order valence-corrected chi connectivity index (χ2v) is 7.61. The standard InChI is InChI=1S/C24H22ClN3O4S/c25-18-12-10-17(11-13-18)16-22(29)27-28-24(33)26-23(30)20-8-4-5-9-21(20)32-15-14-31-19-6-2-1-3-7-19/h1-13H,14-16H2,(H,27,29)(H2,26,28,30,33). The third kappa shape index (κ3) is 8.10. The van der Waals surface area contributed by atoms with E-state index < -0.39 is 5.91 Å². The van der Waals surface area contributed by atoms with E-state index >= 15 is 0 Å². The minimum Gasteiger partial charge on any atom is -0.490 e. The molecule has 9 heteroatoms. The lowest BCUT2D eigenvalue weighted by Gasteiger charge is -2.14. The van der Waals surface area contributed by atoms with Gasteiger partial charge in [-0.2, -0.15) is 0 Å². The topological polar surface area (TPSA) is 88.7 Å². The molecule has 170 valence electrons. The summed E-state index contributed by atoms with van der Waals surface area (Å²) in [5.74, 6) is 0.331. The van der Waals surface area contributed by atoms with E-state index in [2.05, 4.69) is 16.2 Å². The Bertz CT molecular complexity index is 1090. The van der Waals surface area contributed by atoms with E-state index in [0.717, 1.165) is 11.3 Å². The second-order valence-electron chi connectivity index (χ2n) is 6.77. The van der Waals surface area contributed by atoms with Gasteiger partial charge >= 0.3 is 0 Å². The quantitative estimate of drug-likeness (QED) is 0.257. The molecule has 0 atom stereocenters. The van der Waals surface area contributed by atoms with Gasteiger partial charge in [-0.3, -0.25) is 25.8 Å². The zero-order valence-electron chi connectivity index (χ0n) is 17.5. The van der Waals surface area contributed by atoms with Crippen molar-refractivity contribution in [2.24, 2.45) is 0 Å². The highest BCUT2D eigenvalue weighted by atomic mass is 35.5. The van der Waals surface area contributed by atoms with Crippen LogP contribution in [0, 0.1) is 0 Å². The highest BCUT2D eigenvalue weighted by Crippen LogP contribution is 2.18. The van der Waals surface area contributed by atoms with Crippen molar-refractivity contribution in [1.82, 2.24) is 16.2 Å². The van der Waals surface area contributed by atoms with Crippen LogP contribution in [0.4, 0.5) is 0 Å². The Morgan fingerprint density at radius 2 is 1.48 bits per heavy atom. The number of amides is 2. The number of rotatable bonds is 8. The predicted molar refractivity (Wildman–Crippen MR) is 130 cm³/mol. The highest BCUT2D eigenvalue weighted by molar-refractivity contribution is 7.80. The molecule has 0 bridgehead atoms. The van der Waals surface area contributed by atoms with Crippen LogP contribution < -0.4 is 25.6 Å². The lowest BCUT2D eigenvalue weighted by molar-refractivity contribution is -0.121. The minimum atomic E-state index is -0.473. The number of hydrogen-bond donors (Lipinski definition) is 3. The smallest absolute Gasteiger partial charge is 0.261 e. The van der Waals surface area contributed by atoms with Gasteiger partial charge in [-0.1, -0.05) is 54.1 Å². The summed E-state index contributed by atoms with van der Waals surface area (Å²) in [5.41, 5.74) is 6.05. The fraction of sp³-hybridized carbons (Fsp3) is 0.125. The Kier molecular flexibility index (Phi) is 9.05. The molecule has 0 aliphatic rings. The molecule has 3 aromatic rings. The van der Waals surface area contributed by atoms with Crippen molar-refractivity contribution < 1.29 is 19.1 Å². The molecule has 0 aliphatic carbocycles. The highest BCUT2D eigenvalue weighted by Gasteiger charge is 2.14. The van der Waals surface area contributed by atoms with Gasteiger partial charge < -0.3 is 9.47 Å². The third-order valence-electron chi connectivity index (χ3n) is 4.30. The number of hydrazine groups is 1. The van der Waals surface area contributed by atoms with Crippen LogP contribution in [-0.2, 0) is 11.2 Å². The summed E-state index contributed by atoms with van der Waals surface area (Å²) >= 11 is 10.9. The third-order valence-corrected chi connectivity index (χ3v) is 4.76. The molecular formula is C24H22ClN3O4S. The molecule has 3 aromatic carbocycles. The summed E-state index contributed by atoms with van der Waals surface area (Å²) in [6.45, 7) is 0.572. The van der Waals surface area contributed by atoms with Crippen molar-refractivity contribution in [3.8, 4) is 11.5 Å². The lowest BCUT2D eigenvalue weighted by atomic mass is 10.1. The maximum Gasteiger partial charge on any atom is 0.261 e. The van der Waals surface area contributed by atoms with Crippen LogP contribution in [0.1, 0.15) is 15.9 Å². The molecule has 0 radical (unpaired) electrons. The van der Waals surface area contributed by atoms with Crippen molar-refractivity contribution in [1.29, 1.82) is 0 Å². The molecule has 3 rings (SSSR count). The van der Waals surface area contributed by atoms with Gasteiger partial charge in [0, 0.05) is 5.02 Å². The van der Waals surface area contributed by atoms with E-state index in [0.29, 0.717) is 22.9 Å². The van der Waals surface area contributed by atoms with E-state index in [-0.39, 0.29) is 24.0 Å². The summed E-state index contributed by atoms with van der Waals surface area (Å²) in [6, 6.07) is 23.1. The van der Waals surface area contributed by atoms with Gasteiger partial charge in [0.15, 0.2) is 5.11 Å². The number of thiocarbonyl (C=S) groups is 1. The van der Waals surface area contributed by atoms with Crippen LogP contribution in [0.15, 0.2) is 78.9 Å².